The van der Waals surface area contributed by atoms with Crippen LogP contribution in [0.3, 0.4) is 0 Å². The van der Waals surface area contributed by atoms with Crippen molar-refractivity contribution in [2.45, 2.75) is 30.8 Å². The minimum absolute atomic E-state index is 0.231. The predicted molar refractivity (Wildman–Crippen MR) is 110 cm³/mol. The number of piperidine rings is 1. The van der Waals surface area contributed by atoms with Gasteiger partial charge in [-0.25, -0.2) is 4.39 Å². The van der Waals surface area contributed by atoms with Gasteiger partial charge in [0.1, 0.15) is 0 Å². The Labute approximate surface area is 173 Å². The van der Waals surface area contributed by atoms with Crippen LogP contribution < -0.4 is 11.1 Å². The van der Waals surface area contributed by atoms with Crippen molar-refractivity contribution in [2.75, 3.05) is 18.9 Å². The molecular weight excluding hydrogens is 385 g/mol. The fourth-order valence-corrected chi connectivity index (χ4v) is 4.42. The first-order chi connectivity index (χ1) is 14.6. The van der Waals surface area contributed by atoms with Gasteiger partial charge in [-0.2, -0.15) is 0 Å². The number of fused-ring (bicyclic) bond motifs is 2. The molecule has 2 aromatic heterocycles. The van der Waals surface area contributed by atoms with E-state index in [2.05, 4.69) is 20.5 Å². The molecule has 1 unspecified atom stereocenters. The van der Waals surface area contributed by atoms with E-state index in [4.69, 9.17) is 10.5 Å². The van der Waals surface area contributed by atoms with Crippen molar-refractivity contribution in [1.82, 2.24) is 20.5 Å². The summed E-state index contributed by atoms with van der Waals surface area (Å²) in [4.78, 5) is 4.49. The standard InChI is InChI=1S/C22H22FN5O2/c23-18-3-1-2-16(21(18)29)20-9-17(22(24)28-27-20)19-8-12(4-5-25-19)13-6-14-10-30-11-15(7-13)26-14/h1-5,8-9,13-15,26,29H,6-7,10-11H2,(H2,24,28)/t13?,14-,15+. The zero-order chi connectivity index (χ0) is 20.7. The number of benzene rings is 1. The van der Waals surface area contributed by atoms with Gasteiger partial charge in [-0.05, 0) is 54.7 Å². The van der Waals surface area contributed by atoms with Gasteiger partial charge >= 0.3 is 0 Å². The summed E-state index contributed by atoms with van der Waals surface area (Å²) in [5, 5.41) is 21.7. The summed E-state index contributed by atoms with van der Waals surface area (Å²) < 4.78 is 19.4. The number of hydrogen-bond donors (Lipinski definition) is 3. The Hall–Kier alpha value is -3.10. The van der Waals surface area contributed by atoms with Gasteiger partial charge in [-0.3, -0.25) is 4.98 Å². The number of rotatable bonds is 3. The summed E-state index contributed by atoms with van der Waals surface area (Å²) >= 11 is 0. The van der Waals surface area contributed by atoms with Crippen molar-refractivity contribution in [3.63, 3.8) is 0 Å². The minimum Gasteiger partial charge on any atom is -0.504 e. The van der Waals surface area contributed by atoms with Crippen molar-refractivity contribution in [3.05, 3.63) is 54.0 Å². The normalized spacial score (nSPS) is 23.3. The molecule has 7 nitrogen and oxygen atoms in total. The molecule has 0 spiro atoms. The van der Waals surface area contributed by atoms with E-state index in [0.29, 0.717) is 35.0 Å². The van der Waals surface area contributed by atoms with Crippen LogP contribution in [0.25, 0.3) is 22.5 Å². The zero-order valence-electron chi connectivity index (χ0n) is 16.3. The lowest BCUT2D eigenvalue weighted by Crippen LogP contribution is -2.53. The number of nitrogens with two attached hydrogens (primary N) is 1. The van der Waals surface area contributed by atoms with E-state index in [-0.39, 0.29) is 11.4 Å². The number of hydrogen-bond acceptors (Lipinski definition) is 7. The molecule has 2 aliphatic rings. The second-order valence-corrected chi connectivity index (χ2v) is 7.91. The zero-order valence-corrected chi connectivity index (χ0v) is 16.3. The second-order valence-electron chi connectivity index (χ2n) is 7.91. The lowest BCUT2D eigenvalue weighted by atomic mass is 9.82. The highest BCUT2D eigenvalue weighted by Gasteiger charge is 2.32. The van der Waals surface area contributed by atoms with Crippen LogP contribution in [0.15, 0.2) is 42.6 Å². The molecule has 0 radical (unpaired) electrons. The molecule has 5 rings (SSSR count). The number of morpholine rings is 1. The maximum absolute atomic E-state index is 13.8. The third-order valence-electron chi connectivity index (χ3n) is 5.86. The summed E-state index contributed by atoms with van der Waals surface area (Å²) in [7, 11) is 0. The van der Waals surface area contributed by atoms with Gasteiger partial charge in [0.15, 0.2) is 17.4 Å². The highest BCUT2D eigenvalue weighted by Crippen LogP contribution is 2.36. The van der Waals surface area contributed by atoms with Crippen LogP contribution in [0.4, 0.5) is 10.2 Å². The van der Waals surface area contributed by atoms with E-state index in [9.17, 15) is 9.50 Å². The maximum Gasteiger partial charge on any atom is 0.165 e. The van der Waals surface area contributed by atoms with Gasteiger partial charge in [0.25, 0.3) is 0 Å². The van der Waals surface area contributed by atoms with E-state index in [1.807, 2.05) is 12.1 Å². The molecule has 3 atom stereocenters. The number of aromatic hydroxyl groups is 1. The van der Waals surface area contributed by atoms with Crippen molar-refractivity contribution < 1.29 is 14.2 Å². The monoisotopic (exact) mass is 407 g/mol. The molecule has 154 valence electrons. The number of phenols is 1. The van der Waals surface area contributed by atoms with Gasteiger partial charge in [-0.15, -0.1) is 10.2 Å². The summed E-state index contributed by atoms with van der Waals surface area (Å²) in [5.41, 5.74) is 9.16. The third-order valence-corrected chi connectivity index (χ3v) is 5.86. The van der Waals surface area contributed by atoms with Crippen LogP contribution in [0.1, 0.15) is 24.3 Å². The highest BCUT2D eigenvalue weighted by molar-refractivity contribution is 5.77. The lowest BCUT2D eigenvalue weighted by Gasteiger charge is -2.40. The van der Waals surface area contributed by atoms with E-state index in [1.165, 1.54) is 17.7 Å². The Morgan fingerprint density at radius 2 is 1.83 bits per heavy atom. The van der Waals surface area contributed by atoms with Gasteiger partial charge in [-0.1, -0.05) is 6.07 Å². The van der Waals surface area contributed by atoms with Gasteiger partial charge in [0.2, 0.25) is 0 Å². The molecule has 4 N–H and O–H groups in total. The van der Waals surface area contributed by atoms with Crippen molar-refractivity contribution in [1.29, 1.82) is 0 Å². The number of nitrogens with one attached hydrogen (secondary N) is 1. The molecule has 0 saturated carbocycles. The fraction of sp³-hybridized carbons (Fsp3) is 0.318. The first kappa shape index (κ1) is 18.9. The Balaban J connectivity index is 1.50. The average molecular weight is 407 g/mol. The quantitative estimate of drug-likeness (QED) is 0.613. The lowest BCUT2D eigenvalue weighted by molar-refractivity contribution is 0.0180. The fourth-order valence-electron chi connectivity index (χ4n) is 4.42. The second kappa shape index (κ2) is 7.62. The average Bonchev–Trinajstić information content (AvgIpc) is 2.76. The molecule has 1 aromatic carbocycles. The van der Waals surface area contributed by atoms with Crippen LogP contribution in [-0.2, 0) is 4.74 Å². The number of aromatic nitrogens is 3. The number of para-hydroxylation sites is 1. The van der Waals surface area contributed by atoms with Crippen LogP contribution in [0.5, 0.6) is 5.75 Å². The Bertz CT molecular complexity index is 1080. The number of phenolic OH excluding ortho intramolecular Hbond substituents is 1. The van der Waals surface area contributed by atoms with E-state index < -0.39 is 11.6 Å². The summed E-state index contributed by atoms with van der Waals surface area (Å²) in [6.45, 7) is 1.49. The number of halogens is 1. The molecule has 3 aromatic rings. The Morgan fingerprint density at radius 3 is 2.63 bits per heavy atom. The molecule has 30 heavy (non-hydrogen) atoms. The largest absolute Gasteiger partial charge is 0.504 e. The molecule has 8 heteroatoms. The Kier molecular flexibility index (Phi) is 4.80. The van der Waals surface area contributed by atoms with Gasteiger partial charge in [0, 0.05) is 29.4 Å². The molecule has 0 amide bonds. The van der Waals surface area contributed by atoms with E-state index in [0.717, 1.165) is 26.1 Å². The highest BCUT2D eigenvalue weighted by atomic mass is 19.1. The van der Waals surface area contributed by atoms with Crippen LogP contribution in [0.2, 0.25) is 0 Å². The summed E-state index contributed by atoms with van der Waals surface area (Å²) in [6.07, 6.45) is 3.79. The summed E-state index contributed by atoms with van der Waals surface area (Å²) in [6, 6.07) is 10.8. The van der Waals surface area contributed by atoms with Crippen LogP contribution >= 0.6 is 0 Å². The van der Waals surface area contributed by atoms with E-state index in [1.54, 1.807) is 18.3 Å². The molecule has 2 fully saturated rings. The van der Waals surface area contributed by atoms with Crippen molar-refractivity contribution in [3.8, 4) is 28.3 Å². The predicted octanol–water partition coefficient (Wildman–Crippen LogP) is 2.87. The number of anilines is 1. The number of nitrogens with zero attached hydrogens (tertiary/aromatic N) is 3. The molecule has 0 aliphatic carbocycles. The van der Waals surface area contributed by atoms with Crippen LogP contribution in [-0.4, -0.2) is 45.6 Å². The molecule has 2 saturated heterocycles. The molecule has 4 heterocycles. The van der Waals surface area contributed by atoms with Crippen molar-refractivity contribution >= 4 is 5.82 Å². The smallest absolute Gasteiger partial charge is 0.165 e. The van der Waals surface area contributed by atoms with Gasteiger partial charge in [0.05, 0.1) is 24.6 Å². The molecule has 2 aliphatic heterocycles. The number of ether oxygens (including phenoxy) is 1. The minimum atomic E-state index is -0.715. The Morgan fingerprint density at radius 1 is 1.03 bits per heavy atom. The molecular formula is C22H22FN5O2. The maximum atomic E-state index is 13.8. The first-order valence-electron chi connectivity index (χ1n) is 9.99. The number of pyridine rings is 1. The third kappa shape index (κ3) is 3.48. The number of nitrogen functional groups attached to an aromatic ring is 1. The van der Waals surface area contributed by atoms with Crippen molar-refractivity contribution in [2.24, 2.45) is 0 Å². The topological polar surface area (TPSA) is 106 Å². The van der Waals surface area contributed by atoms with Gasteiger partial charge < -0.3 is 20.9 Å². The molecule has 2 bridgehead atoms. The van der Waals surface area contributed by atoms with E-state index >= 15 is 0 Å². The summed E-state index contributed by atoms with van der Waals surface area (Å²) in [5.74, 6) is -0.537. The SMILES string of the molecule is Nc1nnc(-c2cccc(F)c2O)cc1-c1cc(C2C[C@H]3COC[C@@H](C2)N3)ccn1. The van der Waals surface area contributed by atoms with Crippen LogP contribution in [0, 0.1) is 5.82 Å². The first-order valence-corrected chi connectivity index (χ1v) is 9.99.